The van der Waals surface area contributed by atoms with Gasteiger partial charge in [-0.1, -0.05) is 12.1 Å². The molecule has 1 saturated heterocycles. The van der Waals surface area contributed by atoms with Gasteiger partial charge in [0.25, 0.3) is 5.91 Å². The van der Waals surface area contributed by atoms with Crippen LogP contribution in [-0.4, -0.2) is 62.2 Å². The molecule has 1 amide bonds. The molecule has 0 radical (unpaired) electrons. The van der Waals surface area contributed by atoms with E-state index >= 15 is 0 Å². The van der Waals surface area contributed by atoms with E-state index < -0.39 is 6.04 Å². The monoisotopic (exact) mass is 462 g/mol. The van der Waals surface area contributed by atoms with Crippen molar-refractivity contribution in [2.24, 2.45) is 0 Å². The highest BCUT2D eigenvalue weighted by Crippen LogP contribution is 2.39. The van der Waals surface area contributed by atoms with E-state index in [9.17, 15) is 9.59 Å². The molecule has 2 aliphatic heterocycles. The first-order chi connectivity index (χ1) is 16.5. The lowest BCUT2D eigenvalue weighted by Crippen LogP contribution is -2.38. The molecule has 7 heteroatoms. The van der Waals surface area contributed by atoms with Crippen LogP contribution in [-0.2, 0) is 4.74 Å². The lowest BCUT2D eigenvalue weighted by Gasteiger charge is -2.29. The van der Waals surface area contributed by atoms with Crippen LogP contribution in [0.25, 0.3) is 11.0 Å². The van der Waals surface area contributed by atoms with Crippen molar-refractivity contribution >= 4 is 16.9 Å². The highest BCUT2D eigenvalue weighted by molar-refractivity contribution is 5.99. The zero-order valence-corrected chi connectivity index (χ0v) is 19.9. The van der Waals surface area contributed by atoms with Gasteiger partial charge in [-0.3, -0.25) is 14.5 Å². The second kappa shape index (κ2) is 9.24. The van der Waals surface area contributed by atoms with Crippen molar-refractivity contribution in [2.75, 3.05) is 46.5 Å². The standard InChI is InChI=1S/C27H30N2O5/c1-17-15-21-22(16-18(17)2)34-26-23(25(21)30)24(19-5-7-20(32-3)8-6-19)29(27(26)31)10-4-9-28-11-13-33-14-12-28/h5-8,15-16,24H,4,9-14H2,1-3H3/t24-/m1/s1. The molecule has 0 aliphatic carbocycles. The molecule has 2 aliphatic rings. The third-order valence-corrected chi connectivity index (χ3v) is 6.99. The van der Waals surface area contributed by atoms with Crippen molar-refractivity contribution in [1.82, 2.24) is 9.80 Å². The Morgan fingerprint density at radius 3 is 2.41 bits per heavy atom. The number of hydrogen-bond acceptors (Lipinski definition) is 6. The van der Waals surface area contributed by atoms with E-state index in [-0.39, 0.29) is 17.1 Å². The van der Waals surface area contributed by atoms with E-state index in [1.165, 1.54) is 0 Å². The number of rotatable bonds is 6. The lowest BCUT2D eigenvalue weighted by atomic mass is 9.97. The lowest BCUT2D eigenvalue weighted by molar-refractivity contribution is 0.0353. The van der Waals surface area contributed by atoms with Gasteiger partial charge in [-0.05, 0) is 61.2 Å². The van der Waals surface area contributed by atoms with Gasteiger partial charge in [0.1, 0.15) is 11.3 Å². The van der Waals surface area contributed by atoms with Crippen LogP contribution >= 0.6 is 0 Å². The molecule has 0 spiro atoms. The van der Waals surface area contributed by atoms with E-state index in [1.54, 1.807) is 12.0 Å². The number of carbonyl (C=O) groups excluding carboxylic acids is 1. The van der Waals surface area contributed by atoms with Crippen LogP contribution in [0.4, 0.5) is 0 Å². The van der Waals surface area contributed by atoms with Gasteiger partial charge in [-0.2, -0.15) is 0 Å². The molecule has 7 nitrogen and oxygen atoms in total. The van der Waals surface area contributed by atoms with Gasteiger partial charge in [0.15, 0.2) is 5.43 Å². The zero-order valence-electron chi connectivity index (χ0n) is 19.9. The van der Waals surface area contributed by atoms with Crippen molar-refractivity contribution in [3.05, 3.63) is 74.6 Å². The molecule has 0 saturated carbocycles. The Bertz CT molecular complexity index is 1270. The topological polar surface area (TPSA) is 72.2 Å². The minimum absolute atomic E-state index is 0.135. The second-order valence-corrected chi connectivity index (χ2v) is 9.09. The fourth-order valence-corrected chi connectivity index (χ4v) is 4.93. The van der Waals surface area contributed by atoms with Crippen LogP contribution in [0.2, 0.25) is 0 Å². The van der Waals surface area contributed by atoms with Crippen molar-refractivity contribution < 1.29 is 18.7 Å². The van der Waals surface area contributed by atoms with Crippen LogP contribution in [0.15, 0.2) is 45.6 Å². The van der Waals surface area contributed by atoms with Gasteiger partial charge in [-0.15, -0.1) is 0 Å². The largest absolute Gasteiger partial charge is 0.497 e. The molecule has 0 unspecified atom stereocenters. The molecule has 5 rings (SSSR count). The molecule has 34 heavy (non-hydrogen) atoms. The summed E-state index contributed by atoms with van der Waals surface area (Å²) in [5.74, 6) is 0.659. The zero-order chi connectivity index (χ0) is 23.8. The molecule has 3 heterocycles. The molecule has 0 bridgehead atoms. The molecule has 1 aromatic heterocycles. The molecular formula is C27H30N2O5. The van der Waals surface area contributed by atoms with Gasteiger partial charge in [-0.25, -0.2) is 0 Å². The van der Waals surface area contributed by atoms with Gasteiger partial charge in [0.2, 0.25) is 5.76 Å². The van der Waals surface area contributed by atoms with Gasteiger partial charge in [0.05, 0.1) is 37.3 Å². The maximum absolute atomic E-state index is 13.7. The van der Waals surface area contributed by atoms with Crippen molar-refractivity contribution in [1.29, 1.82) is 0 Å². The van der Waals surface area contributed by atoms with Gasteiger partial charge < -0.3 is 18.8 Å². The van der Waals surface area contributed by atoms with Crippen LogP contribution < -0.4 is 10.2 Å². The van der Waals surface area contributed by atoms with Crippen LogP contribution in [0, 0.1) is 13.8 Å². The summed E-state index contributed by atoms with van der Waals surface area (Å²) in [5, 5.41) is 0.517. The Morgan fingerprint density at radius 2 is 1.71 bits per heavy atom. The third kappa shape index (κ3) is 3.99. The summed E-state index contributed by atoms with van der Waals surface area (Å²) in [5.41, 5.74) is 3.67. The summed E-state index contributed by atoms with van der Waals surface area (Å²) in [6.07, 6.45) is 0.804. The van der Waals surface area contributed by atoms with Crippen molar-refractivity contribution in [3.8, 4) is 5.75 Å². The first-order valence-corrected chi connectivity index (χ1v) is 11.8. The summed E-state index contributed by atoms with van der Waals surface area (Å²) in [4.78, 5) is 31.4. The van der Waals surface area contributed by atoms with Crippen molar-refractivity contribution in [3.63, 3.8) is 0 Å². The number of amides is 1. The molecule has 178 valence electrons. The summed E-state index contributed by atoms with van der Waals surface area (Å²) in [7, 11) is 1.62. The minimum Gasteiger partial charge on any atom is -0.497 e. The van der Waals surface area contributed by atoms with Gasteiger partial charge >= 0.3 is 0 Å². The summed E-state index contributed by atoms with van der Waals surface area (Å²) < 4.78 is 16.9. The molecule has 1 fully saturated rings. The SMILES string of the molecule is COc1ccc([C@@H]2c3c(oc4cc(C)c(C)cc4c3=O)C(=O)N2CCCN2CCOCC2)cc1. The maximum atomic E-state index is 13.7. The Hall–Kier alpha value is -3.16. The summed E-state index contributed by atoms with van der Waals surface area (Å²) in [6.45, 7) is 8.65. The normalized spacial score (nSPS) is 18.5. The maximum Gasteiger partial charge on any atom is 0.290 e. The predicted octanol–water partition coefficient (Wildman–Crippen LogP) is 3.69. The van der Waals surface area contributed by atoms with Crippen LogP contribution in [0.1, 0.15) is 45.3 Å². The Morgan fingerprint density at radius 1 is 1.00 bits per heavy atom. The van der Waals surface area contributed by atoms with E-state index in [0.29, 0.717) is 23.1 Å². The number of morpholine rings is 1. The highest BCUT2D eigenvalue weighted by Gasteiger charge is 2.42. The predicted molar refractivity (Wildman–Crippen MR) is 130 cm³/mol. The van der Waals surface area contributed by atoms with E-state index in [2.05, 4.69) is 4.90 Å². The number of hydrogen-bond donors (Lipinski definition) is 0. The van der Waals surface area contributed by atoms with Crippen LogP contribution in [0.3, 0.4) is 0 Å². The molecule has 2 aromatic carbocycles. The smallest absolute Gasteiger partial charge is 0.290 e. The number of nitrogens with zero attached hydrogens (tertiary/aromatic N) is 2. The van der Waals surface area contributed by atoms with Crippen molar-refractivity contribution in [2.45, 2.75) is 26.3 Å². The van der Waals surface area contributed by atoms with E-state index in [0.717, 1.165) is 61.7 Å². The first kappa shape index (κ1) is 22.6. The molecule has 1 atom stereocenters. The Kier molecular flexibility index (Phi) is 6.15. The Labute approximate surface area is 198 Å². The third-order valence-electron chi connectivity index (χ3n) is 6.99. The Balaban J connectivity index is 1.55. The average molecular weight is 463 g/mol. The fourth-order valence-electron chi connectivity index (χ4n) is 4.93. The minimum atomic E-state index is -0.486. The number of aryl methyl sites for hydroxylation is 2. The number of benzene rings is 2. The molecule has 3 aromatic rings. The first-order valence-electron chi connectivity index (χ1n) is 11.8. The number of carbonyl (C=O) groups is 1. The fraction of sp³-hybridized carbons (Fsp3) is 0.407. The van der Waals surface area contributed by atoms with E-state index in [1.807, 2.05) is 50.2 Å². The quantitative estimate of drug-likeness (QED) is 0.557. The van der Waals surface area contributed by atoms with Crippen LogP contribution in [0.5, 0.6) is 5.75 Å². The van der Waals surface area contributed by atoms with Gasteiger partial charge in [0, 0.05) is 26.2 Å². The average Bonchev–Trinajstić information content (AvgIpc) is 3.13. The molecular weight excluding hydrogens is 432 g/mol. The van der Waals surface area contributed by atoms with E-state index in [4.69, 9.17) is 13.9 Å². The summed E-state index contributed by atoms with van der Waals surface area (Å²) >= 11 is 0. The number of methoxy groups -OCH3 is 1. The molecule has 0 N–H and O–H groups in total. The summed E-state index contributed by atoms with van der Waals surface area (Å²) in [6, 6.07) is 10.8. The number of fused-ring (bicyclic) bond motifs is 2. The second-order valence-electron chi connectivity index (χ2n) is 9.09. The highest BCUT2D eigenvalue weighted by atomic mass is 16.5. The number of ether oxygens (including phenoxy) is 2.